The molecule has 8 heteroatoms. The molecule has 5 nitrogen and oxygen atoms in total. The Bertz CT molecular complexity index is 1370. The van der Waals surface area contributed by atoms with Crippen LogP contribution in [0.3, 0.4) is 0 Å². The van der Waals surface area contributed by atoms with E-state index in [-0.39, 0.29) is 18.0 Å². The number of hydrogen-bond donors (Lipinski definition) is 0. The first kappa shape index (κ1) is 22.2. The number of nitrogens with zero attached hydrogens (tertiary/aromatic N) is 2. The van der Waals surface area contributed by atoms with Gasteiger partial charge in [0.05, 0.1) is 28.5 Å². The lowest BCUT2D eigenvalue weighted by molar-refractivity contribution is -0.139. The fourth-order valence-electron chi connectivity index (χ4n) is 3.60. The molecule has 4 rings (SSSR count). The maximum absolute atomic E-state index is 13.5. The lowest BCUT2D eigenvalue weighted by Crippen LogP contribution is -2.39. The van der Waals surface area contributed by atoms with Gasteiger partial charge in [-0.2, -0.15) is 0 Å². The predicted octanol–water partition coefficient (Wildman–Crippen LogP) is 3.66. The van der Waals surface area contributed by atoms with Crippen LogP contribution in [0.4, 0.5) is 4.39 Å². The first-order valence-corrected chi connectivity index (χ1v) is 12.1. The minimum atomic E-state index is -0.642. The summed E-state index contributed by atoms with van der Waals surface area (Å²) in [6.45, 7) is 3.73. The van der Waals surface area contributed by atoms with E-state index in [0.29, 0.717) is 26.2 Å². The molecule has 2 heterocycles. The third kappa shape index (κ3) is 4.20. The topological polar surface area (TPSA) is 60.7 Å². The predicted molar refractivity (Wildman–Crippen MR) is 125 cm³/mol. The molecule has 0 fully saturated rings. The minimum Gasteiger partial charge on any atom is -0.463 e. The van der Waals surface area contributed by atoms with Gasteiger partial charge in [0.15, 0.2) is 4.80 Å². The van der Waals surface area contributed by atoms with Gasteiger partial charge in [0.1, 0.15) is 5.82 Å². The molecular formula is C24H21FN2O3S2. The summed E-state index contributed by atoms with van der Waals surface area (Å²) in [5, 5.41) is 0. The number of allylic oxidation sites excluding steroid dienone is 1. The highest BCUT2D eigenvalue weighted by atomic mass is 32.2. The second-order valence-corrected chi connectivity index (χ2v) is 9.02. The number of carbonyl (C=O) groups excluding carboxylic acids is 1. The fraction of sp³-hybridized carbons (Fsp3) is 0.208. The lowest BCUT2D eigenvalue weighted by Gasteiger charge is -2.24. The molecule has 164 valence electrons. The highest BCUT2D eigenvalue weighted by Gasteiger charge is 2.33. The number of aromatic nitrogens is 1. The van der Waals surface area contributed by atoms with Gasteiger partial charge in [-0.15, -0.1) is 11.8 Å². The van der Waals surface area contributed by atoms with Crippen molar-refractivity contribution in [3.05, 3.63) is 96.4 Å². The van der Waals surface area contributed by atoms with Gasteiger partial charge in [-0.25, -0.2) is 14.2 Å². The highest BCUT2D eigenvalue weighted by molar-refractivity contribution is 7.98. The largest absolute Gasteiger partial charge is 0.463 e. The molecule has 0 N–H and O–H groups in total. The molecule has 3 aromatic rings. The van der Waals surface area contributed by atoms with E-state index in [1.54, 1.807) is 48.4 Å². The van der Waals surface area contributed by atoms with Crippen LogP contribution in [0.2, 0.25) is 0 Å². The maximum atomic E-state index is 13.5. The van der Waals surface area contributed by atoms with Crippen molar-refractivity contribution in [2.75, 3.05) is 12.9 Å². The SMILES string of the molecule is CCOC(=O)C1=C(C)N=c2sc(=Cc3ccc(F)cc3)c(=O)n2C1c1ccc(SC)cc1. The van der Waals surface area contributed by atoms with E-state index in [2.05, 4.69) is 4.99 Å². The zero-order valence-corrected chi connectivity index (χ0v) is 19.4. The Labute approximate surface area is 192 Å². The second-order valence-electron chi connectivity index (χ2n) is 7.13. The average Bonchev–Trinajstić information content (AvgIpc) is 3.09. The van der Waals surface area contributed by atoms with Crippen LogP contribution in [0.5, 0.6) is 0 Å². The van der Waals surface area contributed by atoms with E-state index in [9.17, 15) is 14.0 Å². The summed E-state index contributed by atoms with van der Waals surface area (Å²) in [7, 11) is 0. The first-order valence-electron chi connectivity index (χ1n) is 10.0. The van der Waals surface area contributed by atoms with E-state index >= 15 is 0 Å². The van der Waals surface area contributed by atoms with Gasteiger partial charge in [-0.1, -0.05) is 35.6 Å². The number of benzene rings is 2. The van der Waals surface area contributed by atoms with Crippen molar-refractivity contribution in [3.63, 3.8) is 0 Å². The van der Waals surface area contributed by atoms with E-state index in [4.69, 9.17) is 4.74 Å². The Balaban J connectivity index is 1.93. The smallest absolute Gasteiger partial charge is 0.338 e. The van der Waals surface area contributed by atoms with E-state index in [0.717, 1.165) is 10.5 Å². The van der Waals surface area contributed by atoms with Crippen LogP contribution in [-0.4, -0.2) is 23.4 Å². The number of thiazole rings is 1. The molecule has 0 bridgehead atoms. The van der Waals surface area contributed by atoms with Crippen LogP contribution in [0, 0.1) is 5.82 Å². The number of esters is 1. The summed E-state index contributed by atoms with van der Waals surface area (Å²) in [6, 6.07) is 13.1. The molecule has 0 saturated carbocycles. The Morgan fingerprint density at radius 3 is 2.53 bits per heavy atom. The monoisotopic (exact) mass is 468 g/mol. The molecule has 1 unspecified atom stereocenters. The second kappa shape index (κ2) is 9.26. The van der Waals surface area contributed by atoms with Gasteiger partial charge in [0.25, 0.3) is 5.56 Å². The quantitative estimate of drug-likeness (QED) is 0.424. The molecule has 1 aliphatic heterocycles. The van der Waals surface area contributed by atoms with Gasteiger partial charge in [0.2, 0.25) is 0 Å². The third-order valence-electron chi connectivity index (χ3n) is 5.12. The van der Waals surface area contributed by atoms with E-state index in [1.807, 2.05) is 30.5 Å². The molecule has 1 aliphatic rings. The van der Waals surface area contributed by atoms with Crippen molar-refractivity contribution in [3.8, 4) is 0 Å². The van der Waals surface area contributed by atoms with Crippen LogP contribution >= 0.6 is 23.1 Å². The van der Waals surface area contributed by atoms with Crippen molar-refractivity contribution in [2.45, 2.75) is 24.8 Å². The third-order valence-corrected chi connectivity index (χ3v) is 6.84. The van der Waals surface area contributed by atoms with Crippen LogP contribution in [0.15, 0.2) is 74.5 Å². The van der Waals surface area contributed by atoms with Crippen molar-refractivity contribution < 1.29 is 13.9 Å². The molecule has 0 saturated heterocycles. The fourth-order valence-corrected chi connectivity index (χ4v) is 5.06. The highest BCUT2D eigenvalue weighted by Crippen LogP contribution is 2.31. The number of carbonyl (C=O) groups is 1. The zero-order chi connectivity index (χ0) is 22.8. The van der Waals surface area contributed by atoms with Crippen LogP contribution in [0.1, 0.15) is 31.0 Å². The number of fused-ring (bicyclic) bond motifs is 1. The van der Waals surface area contributed by atoms with Crippen LogP contribution < -0.4 is 14.9 Å². The number of thioether (sulfide) groups is 1. The molecule has 2 aromatic carbocycles. The van der Waals surface area contributed by atoms with E-state index < -0.39 is 12.0 Å². The molecule has 0 spiro atoms. The van der Waals surface area contributed by atoms with Gasteiger partial charge in [-0.3, -0.25) is 9.36 Å². The molecule has 0 aliphatic carbocycles. The zero-order valence-electron chi connectivity index (χ0n) is 17.8. The Hall–Kier alpha value is -2.97. The molecule has 0 amide bonds. The van der Waals surface area contributed by atoms with Crippen molar-refractivity contribution >= 4 is 35.1 Å². The normalized spacial score (nSPS) is 16.0. The van der Waals surface area contributed by atoms with Gasteiger partial charge in [0, 0.05) is 4.90 Å². The van der Waals surface area contributed by atoms with Gasteiger partial charge in [-0.05, 0) is 61.6 Å². The van der Waals surface area contributed by atoms with Gasteiger partial charge < -0.3 is 4.74 Å². The Kier molecular flexibility index (Phi) is 6.43. The molecule has 0 radical (unpaired) electrons. The molecule has 1 aromatic heterocycles. The first-order chi connectivity index (χ1) is 15.4. The number of rotatable bonds is 5. The van der Waals surface area contributed by atoms with Crippen LogP contribution in [0.25, 0.3) is 6.08 Å². The summed E-state index contributed by atoms with van der Waals surface area (Å²) in [5.74, 6) is -0.826. The molecular weight excluding hydrogens is 447 g/mol. The number of ether oxygens (including phenoxy) is 1. The Morgan fingerprint density at radius 1 is 1.22 bits per heavy atom. The molecule has 1 atom stereocenters. The molecule has 32 heavy (non-hydrogen) atoms. The van der Waals surface area contributed by atoms with Gasteiger partial charge >= 0.3 is 5.97 Å². The van der Waals surface area contributed by atoms with E-state index in [1.165, 1.54) is 23.5 Å². The summed E-state index contributed by atoms with van der Waals surface area (Å²) in [5.41, 5.74) is 2.13. The summed E-state index contributed by atoms with van der Waals surface area (Å²) < 4.78 is 20.6. The van der Waals surface area contributed by atoms with Crippen molar-refractivity contribution in [2.24, 2.45) is 4.99 Å². The Morgan fingerprint density at radius 2 is 1.91 bits per heavy atom. The minimum absolute atomic E-state index is 0.225. The summed E-state index contributed by atoms with van der Waals surface area (Å²) in [4.78, 5) is 32.5. The number of halogens is 1. The number of hydrogen-bond acceptors (Lipinski definition) is 6. The van der Waals surface area contributed by atoms with Crippen molar-refractivity contribution in [1.82, 2.24) is 4.57 Å². The summed E-state index contributed by atoms with van der Waals surface area (Å²) >= 11 is 2.86. The standard InChI is InChI=1S/C24H21FN2O3S2/c1-4-30-23(29)20-14(2)26-24-27(21(20)16-7-11-18(31-3)12-8-16)22(28)19(32-24)13-15-5-9-17(25)10-6-15/h5-13,21H,4H2,1-3H3. The maximum Gasteiger partial charge on any atom is 0.338 e. The lowest BCUT2D eigenvalue weighted by atomic mass is 9.96. The van der Waals surface area contributed by atoms with Crippen molar-refractivity contribution in [1.29, 1.82) is 0 Å². The summed E-state index contributed by atoms with van der Waals surface area (Å²) in [6.07, 6.45) is 3.70. The van der Waals surface area contributed by atoms with Crippen LogP contribution in [-0.2, 0) is 9.53 Å². The average molecular weight is 469 g/mol.